The molecule has 52 valence electrons. The Morgan fingerprint density at radius 1 is 1.89 bits per heavy atom. The lowest BCUT2D eigenvalue weighted by Gasteiger charge is -2.11. The van der Waals surface area contributed by atoms with E-state index in [0.717, 1.165) is 6.54 Å². The van der Waals surface area contributed by atoms with Crippen molar-refractivity contribution in [3.05, 3.63) is 11.6 Å². The molecule has 0 aromatic carbocycles. The van der Waals surface area contributed by atoms with Gasteiger partial charge in [0.15, 0.2) is 0 Å². The van der Waals surface area contributed by atoms with Crippen LogP contribution in [0, 0.1) is 0 Å². The summed E-state index contributed by atoms with van der Waals surface area (Å²) in [5, 5.41) is 3.72. The zero-order valence-corrected chi connectivity index (χ0v) is 6.78. The smallest absolute Gasteiger partial charge is 0.0265 e. The number of thiol groups is 1. The predicted molar refractivity (Wildman–Crippen MR) is 44.0 cm³/mol. The lowest BCUT2D eigenvalue weighted by Crippen LogP contribution is -2.23. The van der Waals surface area contributed by atoms with E-state index in [-0.39, 0.29) is 0 Å². The summed E-state index contributed by atoms with van der Waals surface area (Å²) in [7, 11) is 0. The molecule has 0 radical (unpaired) electrons. The number of hydrogen-bond donors (Lipinski definition) is 2. The molecule has 0 aliphatic carbocycles. The molecule has 2 heteroatoms. The van der Waals surface area contributed by atoms with Crippen molar-refractivity contribution >= 4 is 12.6 Å². The van der Waals surface area contributed by atoms with E-state index in [1.165, 1.54) is 5.57 Å². The van der Waals surface area contributed by atoms with Crippen molar-refractivity contribution in [1.29, 1.82) is 0 Å². The fraction of sp³-hybridized carbons (Fsp3) is 0.714. The van der Waals surface area contributed by atoms with Crippen molar-refractivity contribution in [2.45, 2.75) is 25.1 Å². The molecule has 1 unspecified atom stereocenters. The molecule has 0 fully saturated rings. The Balaban J connectivity index is 2.57. The zero-order valence-electron chi connectivity index (χ0n) is 5.89. The molecule has 0 amide bonds. The highest BCUT2D eigenvalue weighted by Crippen LogP contribution is 2.16. The van der Waals surface area contributed by atoms with Gasteiger partial charge in [0.2, 0.25) is 0 Å². The zero-order chi connectivity index (χ0) is 6.85. The van der Waals surface area contributed by atoms with Crippen LogP contribution in [0.2, 0.25) is 0 Å². The molecule has 0 bridgehead atoms. The van der Waals surface area contributed by atoms with Crippen LogP contribution < -0.4 is 5.32 Å². The van der Waals surface area contributed by atoms with Gasteiger partial charge in [-0.3, -0.25) is 0 Å². The summed E-state index contributed by atoms with van der Waals surface area (Å²) in [6.07, 6.45) is 2.22. The minimum Gasteiger partial charge on any atom is -0.307 e. The lowest BCUT2D eigenvalue weighted by atomic mass is 10.1. The van der Waals surface area contributed by atoms with Crippen LogP contribution in [0.5, 0.6) is 0 Å². The number of rotatable bonds is 1. The summed E-state index contributed by atoms with van der Waals surface area (Å²) in [6, 6.07) is 0.539. The maximum Gasteiger partial charge on any atom is 0.0265 e. The molecule has 1 N–H and O–H groups in total. The fourth-order valence-electron chi connectivity index (χ4n) is 1.18. The first-order valence-electron chi connectivity index (χ1n) is 3.33. The summed E-state index contributed by atoms with van der Waals surface area (Å²) in [5.41, 5.74) is 1.43. The van der Waals surface area contributed by atoms with Gasteiger partial charge in [-0.2, -0.15) is 12.6 Å². The monoisotopic (exact) mass is 143 g/mol. The van der Waals surface area contributed by atoms with Crippen molar-refractivity contribution in [3.63, 3.8) is 0 Å². The van der Waals surface area contributed by atoms with E-state index in [1.54, 1.807) is 0 Å². The molecule has 1 nitrogen and oxygen atoms in total. The standard InChI is InChI=1S/C7H13NS/c1-5-7(6(2)9)3-4-8-5/h3,5-6,8-9H,4H2,1-2H3/t5-,6?/m1/s1. The van der Waals surface area contributed by atoms with Crippen molar-refractivity contribution in [3.8, 4) is 0 Å². The molecule has 0 spiro atoms. The Kier molecular flexibility index (Phi) is 2.19. The van der Waals surface area contributed by atoms with Gasteiger partial charge in [-0.1, -0.05) is 6.08 Å². The number of nitrogens with one attached hydrogen (secondary N) is 1. The predicted octanol–water partition coefficient (Wildman–Crippen LogP) is 1.22. The quantitative estimate of drug-likeness (QED) is 0.415. The van der Waals surface area contributed by atoms with Gasteiger partial charge < -0.3 is 5.32 Å². The van der Waals surface area contributed by atoms with Crippen molar-refractivity contribution in [2.75, 3.05) is 6.54 Å². The van der Waals surface area contributed by atoms with E-state index in [9.17, 15) is 0 Å². The first-order valence-corrected chi connectivity index (χ1v) is 3.85. The van der Waals surface area contributed by atoms with E-state index in [0.29, 0.717) is 11.3 Å². The van der Waals surface area contributed by atoms with Crippen LogP contribution in [0.25, 0.3) is 0 Å². The average Bonchev–Trinajstić information content (AvgIpc) is 2.13. The van der Waals surface area contributed by atoms with Crippen LogP contribution in [0.1, 0.15) is 13.8 Å². The Labute approximate surface area is 61.9 Å². The van der Waals surface area contributed by atoms with E-state index >= 15 is 0 Å². The van der Waals surface area contributed by atoms with Gasteiger partial charge >= 0.3 is 0 Å². The first kappa shape index (κ1) is 7.16. The topological polar surface area (TPSA) is 12.0 Å². The third kappa shape index (κ3) is 1.49. The van der Waals surface area contributed by atoms with Crippen LogP contribution in [0.15, 0.2) is 11.6 Å². The van der Waals surface area contributed by atoms with Crippen LogP contribution in [-0.4, -0.2) is 17.8 Å². The van der Waals surface area contributed by atoms with Gasteiger partial charge in [-0.05, 0) is 19.4 Å². The lowest BCUT2D eigenvalue weighted by molar-refractivity contribution is 0.689. The van der Waals surface area contributed by atoms with Crippen LogP contribution in [-0.2, 0) is 0 Å². The van der Waals surface area contributed by atoms with Gasteiger partial charge in [-0.15, -0.1) is 0 Å². The maximum atomic E-state index is 4.34. The van der Waals surface area contributed by atoms with Crippen LogP contribution in [0.3, 0.4) is 0 Å². The second-order valence-corrected chi connectivity index (χ2v) is 3.28. The third-order valence-corrected chi connectivity index (χ3v) is 2.04. The second-order valence-electron chi connectivity index (χ2n) is 2.51. The molecular formula is C7H13NS. The van der Waals surface area contributed by atoms with Crippen LogP contribution >= 0.6 is 12.6 Å². The van der Waals surface area contributed by atoms with Gasteiger partial charge in [0.25, 0.3) is 0 Å². The highest BCUT2D eigenvalue weighted by molar-refractivity contribution is 7.81. The van der Waals surface area contributed by atoms with Gasteiger partial charge in [0, 0.05) is 17.8 Å². The van der Waals surface area contributed by atoms with Crippen LogP contribution in [0.4, 0.5) is 0 Å². The summed E-state index contributed by atoms with van der Waals surface area (Å²) in [4.78, 5) is 0. The van der Waals surface area contributed by atoms with Crippen molar-refractivity contribution < 1.29 is 0 Å². The molecular weight excluding hydrogens is 130 g/mol. The van der Waals surface area contributed by atoms with E-state index in [4.69, 9.17) is 0 Å². The molecule has 0 aromatic heterocycles. The molecule has 1 rings (SSSR count). The Morgan fingerprint density at radius 3 is 2.78 bits per heavy atom. The highest BCUT2D eigenvalue weighted by Gasteiger charge is 2.15. The fourth-order valence-corrected chi connectivity index (χ4v) is 1.51. The summed E-state index contributed by atoms with van der Waals surface area (Å²) >= 11 is 4.34. The summed E-state index contributed by atoms with van der Waals surface area (Å²) in [5.74, 6) is 0. The Bertz CT molecular complexity index is 129. The van der Waals surface area contributed by atoms with Crippen molar-refractivity contribution in [1.82, 2.24) is 5.32 Å². The minimum atomic E-state index is 0.412. The molecule has 0 saturated carbocycles. The van der Waals surface area contributed by atoms with Crippen molar-refractivity contribution in [2.24, 2.45) is 0 Å². The molecule has 1 aliphatic rings. The molecule has 9 heavy (non-hydrogen) atoms. The third-order valence-electron chi connectivity index (χ3n) is 1.74. The molecule has 0 saturated heterocycles. The summed E-state index contributed by atoms with van der Waals surface area (Å²) < 4.78 is 0. The minimum absolute atomic E-state index is 0.412. The van der Waals surface area contributed by atoms with Gasteiger partial charge in [0.1, 0.15) is 0 Å². The van der Waals surface area contributed by atoms with E-state index in [1.807, 2.05) is 0 Å². The van der Waals surface area contributed by atoms with Gasteiger partial charge in [-0.25, -0.2) is 0 Å². The Hall–Kier alpha value is 0.0500. The molecule has 1 aliphatic heterocycles. The normalized spacial score (nSPS) is 30.1. The van der Waals surface area contributed by atoms with Gasteiger partial charge in [0.05, 0.1) is 0 Å². The number of hydrogen-bond acceptors (Lipinski definition) is 2. The molecule has 0 aromatic rings. The molecule has 1 heterocycles. The summed E-state index contributed by atoms with van der Waals surface area (Å²) in [6.45, 7) is 5.30. The second kappa shape index (κ2) is 2.76. The SMILES string of the molecule is CC(S)C1=CCN[C@@H]1C. The molecule has 2 atom stereocenters. The maximum absolute atomic E-state index is 4.34. The highest BCUT2D eigenvalue weighted by atomic mass is 32.1. The largest absolute Gasteiger partial charge is 0.307 e. The Morgan fingerprint density at radius 2 is 2.56 bits per heavy atom. The first-order chi connectivity index (χ1) is 4.22. The average molecular weight is 143 g/mol. The van der Waals surface area contributed by atoms with E-state index in [2.05, 4.69) is 37.9 Å². The van der Waals surface area contributed by atoms with E-state index < -0.39 is 0 Å².